The Kier molecular flexibility index (Phi) is 4.84. The van der Waals surface area contributed by atoms with Crippen LogP contribution in [-0.2, 0) is 9.53 Å². The Morgan fingerprint density at radius 3 is 2.73 bits per heavy atom. The van der Waals surface area contributed by atoms with Gasteiger partial charge >= 0.3 is 5.97 Å². The number of carbonyl (C=O) groups excluding carboxylic acids is 1. The van der Waals surface area contributed by atoms with E-state index in [4.69, 9.17) is 11.1 Å². The zero-order chi connectivity index (χ0) is 8.85. The van der Waals surface area contributed by atoms with Gasteiger partial charge in [0, 0.05) is 6.20 Å². The third-order valence-corrected chi connectivity index (χ3v) is 1.76. The Labute approximate surface area is 78.4 Å². The predicted octanol–water partition coefficient (Wildman–Crippen LogP) is 0.804. The van der Waals surface area contributed by atoms with Gasteiger partial charge in [-0.25, -0.2) is 4.79 Å². The van der Waals surface area contributed by atoms with Crippen molar-refractivity contribution in [3.05, 3.63) is 9.78 Å². The standard InChI is InChI=1S/C6H9IN2O2/c1-2-11-6(10)5(9)4(7)3-8/h3,9H,2,8H2,1H3/b4-3+,9-5?. The zero-order valence-corrected chi connectivity index (χ0v) is 8.21. The molecule has 0 spiro atoms. The third kappa shape index (κ3) is 3.35. The molecule has 0 aromatic rings. The van der Waals surface area contributed by atoms with E-state index in [9.17, 15) is 4.79 Å². The summed E-state index contributed by atoms with van der Waals surface area (Å²) in [5, 5.41) is 7.17. The second-order valence-corrected chi connectivity index (χ2v) is 2.77. The van der Waals surface area contributed by atoms with Crippen molar-refractivity contribution >= 4 is 34.3 Å². The van der Waals surface area contributed by atoms with Gasteiger partial charge in [-0.3, -0.25) is 5.41 Å². The first-order valence-corrected chi connectivity index (χ1v) is 4.04. The minimum atomic E-state index is -0.640. The minimum Gasteiger partial charge on any atom is -0.461 e. The minimum absolute atomic E-state index is 0.199. The Balaban J connectivity index is 4.15. The smallest absolute Gasteiger partial charge is 0.357 e. The van der Waals surface area contributed by atoms with E-state index in [-0.39, 0.29) is 12.3 Å². The maximum absolute atomic E-state index is 10.8. The Morgan fingerprint density at radius 2 is 2.36 bits per heavy atom. The van der Waals surface area contributed by atoms with E-state index < -0.39 is 5.97 Å². The fourth-order valence-corrected chi connectivity index (χ4v) is 0.604. The molecule has 0 atom stereocenters. The van der Waals surface area contributed by atoms with Crippen LogP contribution in [0.1, 0.15) is 6.92 Å². The molecular formula is C6H9IN2O2. The molecule has 4 nitrogen and oxygen atoms in total. The summed E-state index contributed by atoms with van der Waals surface area (Å²) in [6.07, 6.45) is 1.19. The van der Waals surface area contributed by atoms with Gasteiger partial charge in [-0.2, -0.15) is 0 Å². The number of ether oxygens (including phenoxy) is 1. The molecule has 62 valence electrons. The van der Waals surface area contributed by atoms with E-state index in [1.165, 1.54) is 6.20 Å². The molecule has 0 rings (SSSR count). The molecule has 0 aromatic heterocycles. The molecule has 0 aliphatic rings. The summed E-state index contributed by atoms with van der Waals surface area (Å²) in [6.45, 7) is 1.96. The van der Waals surface area contributed by atoms with E-state index in [1.807, 2.05) is 0 Å². The van der Waals surface area contributed by atoms with Crippen LogP contribution in [0.25, 0.3) is 0 Å². The molecule has 5 heteroatoms. The number of halogens is 1. The van der Waals surface area contributed by atoms with E-state index in [0.29, 0.717) is 3.58 Å². The summed E-state index contributed by atoms with van der Waals surface area (Å²) in [7, 11) is 0. The fourth-order valence-electron chi connectivity index (χ4n) is 0.384. The summed E-state index contributed by atoms with van der Waals surface area (Å²) < 4.78 is 4.95. The molecule has 0 saturated heterocycles. The summed E-state index contributed by atoms with van der Waals surface area (Å²) in [5.74, 6) is -0.640. The first-order valence-electron chi connectivity index (χ1n) is 2.97. The molecule has 0 radical (unpaired) electrons. The molecule has 0 fully saturated rings. The van der Waals surface area contributed by atoms with Gasteiger partial charge in [0.25, 0.3) is 0 Å². The lowest BCUT2D eigenvalue weighted by Crippen LogP contribution is -2.16. The highest BCUT2D eigenvalue weighted by Gasteiger charge is 2.12. The van der Waals surface area contributed by atoms with E-state index in [1.54, 1.807) is 29.5 Å². The molecule has 0 amide bonds. The number of esters is 1. The molecule has 0 bridgehead atoms. The van der Waals surface area contributed by atoms with Crippen LogP contribution < -0.4 is 5.73 Å². The Hall–Kier alpha value is -0.590. The van der Waals surface area contributed by atoms with Crippen LogP contribution in [0.15, 0.2) is 9.78 Å². The summed E-state index contributed by atoms with van der Waals surface area (Å²) >= 11 is 1.80. The molecule has 0 saturated carbocycles. The molecule has 0 aliphatic heterocycles. The van der Waals surface area contributed by atoms with Crippen molar-refractivity contribution in [1.29, 1.82) is 5.41 Å². The number of rotatable bonds is 3. The van der Waals surface area contributed by atoms with E-state index in [2.05, 4.69) is 4.74 Å². The van der Waals surface area contributed by atoms with Gasteiger partial charge < -0.3 is 10.5 Å². The third-order valence-electron chi connectivity index (χ3n) is 0.865. The molecule has 0 aliphatic carbocycles. The van der Waals surface area contributed by atoms with Crippen LogP contribution in [0.2, 0.25) is 0 Å². The summed E-state index contributed by atoms with van der Waals surface area (Å²) in [5.41, 5.74) is 4.89. The van der Waals surface area contributed by atoms with Crippen LogP contribution in [0.5, 0.6) is 0 Å². The van der Waals surface area contributed by atoms with Crippen molar-refractivity contribution in [1.82, 2.24) is 0 Å². The fraction of sp³-hybridized carbons (Fsp3) is 0.333. The van der Waals surface area contributed by atoms with Crippen LogP contribution in [0, 0.1) is 5.41 Å². The molecular weight excluding hydrogens is 259 g/mol. The second-order valence-electron chi connectivity index (χ2n) is 1.61. The second kappa shape index (κ2) is 5.11. The molecule has 0 unspecified atom stereocenters. The highest BCUT2D eigenvalue weighted by atomic mass is 127. The Bertz CT molecular complexity index is 201. The monoisotopic (exact) mass is 268 g/mol. The number of nitrogens with one attached hydrogen (secondary N) is 1. The average molecular weight is 268 g/mol. The summed E-state index contributed by atoms with van der Waals surface area (Å²) in [4.78, 5) is 10.8. The van der Waals surface area contributed by atoms with Crippen molar-refractivity contribution in [2.24, 2.45) is 5.73 Å². The average Bonchev–Trinajstić information content (AvgIpc) is 2.02. The molecule has 0 aromatic carbocycles. The van der Waals surface area contributed by atoms with Gasteiger partial charge in [-0.15, -0.1) is 0 Å². The first-order chi connectivity index (χ1) is 5.13. The lowest BCUT2D eigenvalue weighted by molar-refractivity contribution is -0.135. The highest BCUT2D eigenvalue weighted by Crippen LogP contribution is 2.06. The largest absolute Gasteiger partial charge is 0.461 e. The maximum Gasteiger partial charge on any atom is 0.357 e. The lowest BCUT2D eigenvalue weighted by Gasteiger charge is -2.00. The predicted molar refractivity (Wildman–Crippen MR) is 50.7 cm³/mol. The van der Waals surface area contributed by atoms with Crippen molar-refractivity contribution in [2.45, 2.75) is 6.92 Å². The maximum atomic E-state index is 10.8. The van der Waals surface area contributed by atoms with Crippen molar-refractivity contribution in [3.8, 4) is 0 Å². The van der Waals surface area contributed by atoms with Crippen LogP contribution in [0.4, 0.5) is 0 Å². The van der Waals surface area contributed by atoms with Gasteiger partial charge in [0.2, 0.25) is 0 Å². The van der Waals surface area contributed by atoms with Gasteiger partial charge in [0.15, 0.2) is 5.71 Å². The van der Waals surface area contributed by atoms with Crippen molar-refractivity contribution < 1.29 is 9.53 Å². The van der Waals surface area contributed by atoms with Crippen molar-refractivity contribution in [2.75, 3.05) is 6.61 Å². The number of hydrogen-bond acceptors (Lipinski definition) is 4. The van der Waals surface area contributed by atoms with Gasteiger partial charge in [-0.1, -0.05) is 0 Å². The molecule has 11 heavy (non-hydrogen) atoms. The van der Waals surface area contributed by atoms with E-state index in [0.717, 1.165) is 0 Å². The Morgan fingerprint density at radius 1 is 1.82 bits per heavy atom. The zero-order valence-electron chi connectivity index (χ0n) is 6.06. The highest BCUT2D eigenvalue weighted by molar-refractivity contribution is 14.1. The normalized spacial score (nSPS) is 10.9. The van der Waals surface area contributed by atoms with Crippen LogP contribution in [0.3, 0.4) is 0 Å². The quantitative estimate of drug-likeness (QED) is 0.451. The van der Waals surface area contributed by atoms with E-state index >= 15 is 0 Å². The van der Waals surface area contributed by atoms with Crippen molar-refractivity contribution in [3.63, 3.8) is 0 Å². The number of hydrogen-bond donors (Lipinski definition) is 2. The number of nitrogens with two attached hydrogens (primary N) is 1. The van der Waals surface area contributed by atoms with Crippen LogP contribution in [-0.4, -0.2) is 18.3 Å². The van der Waals surface area contributed by atoms with Crippen LogP contribution >= 0.6 is 22.6 Å². The molecule has 0 heterocycles. The summed E-state index contributed by atoms with van der Waals surface area (Å²) in [6, 6.07) is 0. The molecule has 3 N–H and O–H groups in total. The first kappa shape index (κ1) is 10.4. The topological polar surface area (TPSA) is 76.2 Å². The number of carbonyl (C=O) groups is 1. The lowest BCUT2D eigenvalue weighted by atomic mass is 10.4. The SMILES string of the molecule is CCOC(=O)C(=N)/C(I)=C\N. The van der Waals surface area contributed by atoms with Gasteiger partial charge in [0.1, 0.15) is 0 Å². The van der Waals surface area contributed by atoms with Gasteiger partial charge in [-0.05, 0) is 29.5 Å². The van der Waals surface area contributed by atoms with Gasteiger partial charge in [0.05, 0.1) is 10.2 Å².